The van der Waals surface area contributed by atoms with E-state index in [1.807, 2.05) is 4.90 Å². The Kier molecular flexibility index (Phi) is 6.30. The second kappa shape index (κ2) is 7.99. The van der Waals surface area contributed by atoms with E-state index in [0.29, 0.717) is 18.5 Å². The molecule has 0 aromatic carbocycles. The lowest BCUT2D eigenvalue weighted by molar-refractivity contribution is 0.177. The van der Waals surface area contributed by atoms with Gasteiger partial charge in [-0.25, -0.2) is 4.79 Å². The normalized spacial score (nSPS) is 27.3. The molecule has 21 heavy (non-hydrogen) atoms. The summed E-state index contributed by atoms with van der Waals surface area (Å²) in [4.78, 5) is 16.6. The number of nitrogens with one attached hydrogen (secondary N) is 1. The van der Waals surface area contributed by atoms with E-state index in [1.165, 1.54) is 19.3 Å². The second-order valence-corrected chi connectivity index (χ2v) is 6.75. The van der Waals surface area contributed by atoms with Crippen molar-refractivity contribution in [1.82, 2.24) is 15.1 Å². The van der Waals surface area contributed by atoms with Gasteiger partial charge < -0.3 is 20.2 Å². The van der Waals surface area contributed by atoms with Crippen LogP contribution in [-0.4, -0.2) is 66.8 Å². The number of urea groups is 1. The number of carbonyl (C=O) groups excluding carboxylic acids is 1. The summed E-state index contributed by atoms with van der Waals surface area (Å²) in [6, 6.07) is 0.429. The molecule has 1 saturated heterocycles. The zero-order valence-electron chi connectivity index (χ0n) is 13.6. The summed E-state index contributed by atoms with van der Waals surface area (Å²) < 4.78 is 0. The number of nitrogens with zero attached hydrogens (tertiary/aromatic N) is 2. The van der Waals surface area contributed by atoms with Gasteiger partial charge in [0, 0.05) is 38.2 Å². The molecule has 1 aliphatic heterocycles. The molecule has 1 aliphatic carbocycles. The Balaban J connectivity index is 1.84. The van der Waals surface area contributed by atoms with Gasteiger partial charge in [-0.2, -0.15) is 0 Å². The maximum Gasteiger partial charge on any atom is 0.317 e. The predicted molar refractivity (Wildman–Crippen MR) is 84.2 cm³/mol. The van der Waals surface area contributed by atoms with Crippen LogP contribution < -0.4 is 5.32 Å². The van der Waals surface area contributed by atoms with E-state index in [9.17, 15) is 9.90 Å². The fraction of sp³-hybridized carbons (Fsp3) is 0.938. The Bertz CT molecular complexity index is 331. The van der Waals surface area contributed by atoms with Crippen LogP contribution in [0, 0.1) is 11.8 Å². The molecule has 0 spiro atoms. The standard InChI is InChI=1S/C16H31N3O2/c1-3-18(2)9-13-10-19(11-14(13)12-20)16(21)17-15-7-5-4-6-8-15/h13-15,20H,3-12H2,1-2H3,(H,17,21)/t13-,14-/m1/s1. The summed E-state index contributed by atoms with van der Waals surface area (Å²) in [7, 11) is 2.10. The number of aliphatic hydroxyl groups is 1. The third kappa shape index (κ3) is 4.58. The molecule has 5 nitrogen and oxygen atoms in total. The zero-order chi connectivity index (χ0) is 15.2. The number of aliphatic hydroxyl groups excluding tert-OH is 1. The molecule has 2 atom stereocenters. The van der Waals surface area contributed by atoms with Gasteiger partial charge in [-0.15, -0.1) is 0 Å². The van der Waals surface area contributed by atoms with Gasteiger partial charge in [-0.05, 0) is 32.4 Å². The van der Waals surface area contributed by atoms with Gasteiger partial charge in [0.25, 0.3) is 0 Å². The molecule has 2 N–H and O–H groups in total. The molecule has 122 valence electrons. The highest BCUT2D eigenvalue weighted by Gasteiger charge is 2.35. The Morgan fingerprint density at radius 2 is 1.90 bits per heavy atom. The summed E-state index contributed by atoms with van der Waals surface area (Å²) in [6.45, 7) is 5.73. The largest absolute Gasteiger partial charge is 0.396 e. The number of rotatable bonds is 5. The SMILES string of the molecule is CCN(C)C[C@@H]1CN(C(=O)NC2CCCCC2)C[C@@H]1CO. The minimum Gasteiger partial charge on any atom is -0.396 e. The van der Waals surface area contributed by atoms with E-state index in [1.54, 1.807) is 0 Å². The molecule has 2 fully saturated rings. The molecular formula is C16H31N3O2. The molecular weight excluding hydrogens is 266 g/mol. The van der Waals surface area contributed by atoms with Crippen molar-refractivity contribution in [3.63, 3.8) is 0 Å². The molecule has 0 aromatic rings. The smallest absolute Gasteiger partial charge is 0.317 e. The molecule has 2 rings (SSSR count). The topological polar surface area (TPSA) is 55.8 Å². The molecule has 0 bridgehead atoms. The molecule has 2 amide bonds. The molecule has 1 saturated carbocycles. The van der Waals surface area contributed by atoms with Crippen LogP contribution in [-0.2, 0) is 0 Å². The van der Waals surface area contributed by atoms with E-state index in [2.05, 4.69) is 24.2 Å². The summed E-state index contributed by atoms with van der Waals surface area (Å²) in [5.41, 5.74) is 0. The average molecular weight is 297 g/mol. The highest BCUT2D eigenvalue weighted by molar-refractivity contribution is 5.74. The molecule has 5 heteroatoms. The van der Waals surface area contributed by atoms with Crippen molar-refractivity contribution < 1.29 is 9.90 Å². The first-order valence-corrected chi connectivity index (χ1v) is 8.48. The molecule has 0 unspecified atom stereocenters. The van der Waals surface area contributed by atoms with Gasteiger partial charge in [0.1, 0.15) is 0 Å². The number of hydrogen-bond donors (Lipinski definition) is 2. The second-order valence-electron chi connectivity index (χ2n) is 6.75. The Labute approximate surface area is 128 Å². The van der Waals surface area contributed by atoms with Gasteiger partial charge in [-0.3, -0.25) is 0 Å². The van der Waals surface area contributed by atoms with Crippen molar-refractivity contribution in [2.45, 2.75) is 45.1 Å². The third-order valence-electron chi connectivity index (χ3n) is 5.12. The summed E-state index contributed by atoms with van der Waals surface area (Å²) in [5, 5.41) is 12.8. The molecule has 2 aliphatic rings. The summed E-state index contributed by atoms with van der Waals surface area (Å²) in [5.74, 6) is 0.605. The highest BCUT2D eigenvalue weighted by Crippen LogP contribution is 2.24. The average Bonchev–Trinajstić information content (AvgIpc) is 2.91. The first-order valence-electron chi connectivity index (χ1n) is 8.48. The number of hydrogen-bond acceptors (Lipinski definition) is 3. The van der Waals surface area contributed by atoms with Crippen molar-refractivity contribution in [1.29, 1.82) is 0 Å². The van der Waals surface area contributed by atoms with Crippen molar-refractivity contribution in [3.8, 4) is 0 Å². The van der Waals surface area contributed by atoms with Crippen molar-refractivity contribution >= 4 is 6.03 Å². The lowest BCUT2D eigenvalue weighted by atomic mass is 9.96. The highest BCUT2D eigenvalue weighted by atomic mass is 16.3. The van der Waals surface area contributed by atoms with Crippen molar-refractivity contribution in [2.24, 2.45) is 11.8 Å². The monoisotopic (exact) mass is 297 g/mol. The van der Waals surface area contributed by atoms with E-state index in [4.69, 9.17) is 0 Å². The Morgan fingerprint density at radius 1 is 1.24 bits per heavy atom. The number of amides is 2. The minimum absolute atomic E-state index is 0.0713. The fourth-order valence-corrected chi connectivity index (χ4v) is 3.56. The van der Waals surface area contributed by atoms with Gasteiger partial charge in [0.15, 0.2) is 0 Å². The maximum atomic E-state index is 12.4. The van der Waals surface area contributed by atoms with Crippen molar-refractivity contribution in [3.05, 3.63) is 0 Å². The van der Waals surface area contributed by atoms with E-state index >= 15 is 0 Å². The predicted octanol–water partition coefficient (Wildman–Crippen LogP) is 1.52. The quantitative estimate of drug-likeness (QED) is 0.809. The Morgan fingerprint density at radius 3 is 2.52 bits per heavy atom. The molecule has 1 heterocycles. The van der Waals surface area contributed by atoms with Gasteiger partial charge >= 0.3 is 6.03 Å². The summed E-state index contributed by atoms with van der Waals surface area (Å²) in [6.07, 6.45) is 5.99. The van der Waals surface area contributed by atoms with Crippen LogP contribution in [0.2, 0.25) is 0 Å². The van der Waals surface area contributed by atoms with Crippen LogP contribution in [0.15, 0.2) is 0 Å². The number of likely N-dealkylation sites (tertiary alicyclic amines) is 1. The first-order chi connectivity index (χ1) is 10.1. The molecule has 0 radical (unpaired) electrons. The maximum absolute atomic E-state index is 12.4. The number of carbonyl (C=O) groups is 1. The van der Waals surface area contributed by atoms with E-state index < -0.39 is 0 Å². The lowest BCUT2D eigenvalue weighted by Gasteiger charge is -2.26. The van der Waals surface area contributed by atoms with Gasteiger partial charge in [0.2, 0.25) is 0 Å². The van der Waals surface area contributed by atoms with Crippen LogP contribution in [0.3, 0.4) is 0 Å². The lowest BCUT2D eigenvalue weighted by Crippen LogP contribution is -2.45. The van der Waals surface area contributed by atoms with Crippen LogP contribution >= 0.6 is 0 Å². The zero-order valence-corrected chi connectivity index (χ0v) is 13.6. The van der Waals surface area contributed by atoms with Crippen LogP contribution in [0.5, 0.6) is 0 Å². The van der Waals surface area contributed by atoms with Crippen LogP contribution in [0.4, 0.5) is 4.79 Å². The minimum atomic E-state index is 0.0713. The van der Waals surface area contributed by atoms with Crippen molar-refractivity contribution in [2.75, 3.05) is 39.8 Å². The van der Waals surface area contributed by atoms with E-state index in [0.717, 1.165) is 32.5 Å². The summed E-state index contributed by atoms with van der Waals surface area (Å²) >= 11 is 0. The fourth-order valence-electron chi connectivity index (χ4n) is 3.56. The van der Waals surface area contributed by atoms with Crippen LogP contribution in [0.25, 0.3) is 0 Å². The van der Waals surface area contributed by atoms with Crippen LogP contribution in [0.1, 0.15) is 39.0 Å². The molecule has 0 aromatic heterocycles. The van der Waals surface area contributed by atoms with Gasteiger partial charge in [-0.1, -0.05) is 26.2 Å². The van der Waals surface area contributed by atoms with Gasteiger partial charge in [0.05, 0.1) is 0 Å². The third-order valence-corrected chi connectivity index (χ3v) is 5.12. The Hall–Kier alpha value is -0.810. The van der Waals surface area contributed by atoms with E-state index in [-0.39, 0.29) is 18.6 Å². The first kappa shape index (κ1) is 16.6.